The largest absolute Gasteiger partial charge is 0.397 e. The van der Waals surface area contributed by atoms with Gasteiger partial charge in [0.15, 0.2) is 0 Å². The third kappa shape index (κ3) is 4.09. The summed E-state index contributed by atoms with van der Waals surface area (Å²) in [5, 5.41) is 12.2. The average Bonchev–Trinajstić information content (AvgIpc) is 3.28. The number of benzene rings is 1. The Morgan fingerprint density at radius 3 is 2.85 bits per heavy atom. The lowest BCUT2D eigenvalue weighted by Crippen LogP contribution is -2.24. The maximum atomic E-state index is 11.6. The normalized spacial score (nSPS) is 21.0. The molecule has 1 aliphatic heterocycles. The molecule has 0 spiro atoms. The molecule has 2 fully saturated rings. The Labute approximate surface area is 158 Å². The van der Waals surface area contributed by atoms with E-state index in [2.05, 4.69) is 15.2 Å². The van der Waals surface area contributed by atoms with Crippen molar-refractivity contribution in [2.75, 3.05) is 39.0 Å². The Morgan fingerprint density at radius 2 is 2.19 bits per heavy atom. The van der Waals surface area contributed by atoms with Crippen molar-refractivity contribution in [3.8, 4) is 0 Å². The number of hydrogen-bond donors (Lipinski definition) is 3. The molecule has 1 aromatic carbocycles. The third-order valence-corrected chi connectivity index (χ3v) is 5.35. The van der Waals surface area contributed by atoms with E-state index in [1.165, 1.54) is 25.6 Å². The number of nitrogens with zero attached hydrogens (tertiary/aromatic N) is 2. The molecule has 2 unspecified atom stereocenters. The standard InChI is InChI=1S/C11H10ClN3O.C8H15NO/c1-14-11(16)7-5-8(12)9(13)6-3-2-4-15-10(6)7;10-3-1-2-9-5-7-4-8(7)6-9/h2-5H,13H2,1H3,(H,14,16);7-8,10H,1-6H2. The molecule has 4 rings (SSSR count). The van der Waals surface area contributed by atoms with E-state index in [0.29, 0.717) is 33.8 Å². The number of pyridine rings is 1. The van der Waals surface area contributed by atoms with Gasteiger partial charge in [0.05, 0.1) is 21.8 Å². The van der Waals surface area contributed by atoms with Crippen LogP contribution < -0.4 is 11.1 Å². The highest BCUT2D eigenvalue weighted by molar-refractivity contribution is 6.35. The molecule has 2 aliphatic rings. The van der Waals surface area contributed by atoms with Gasteiger partial charge in [0.2, 0.25) is 0 Å². The number of halogens is 1. The second kappa shape index (κ2) is 8.20. The minimum absolute atomic E-state index is 0.231. The molecule has 140 valence electrons. The molecule has 2 aromatic rings. The van der Waals surface area contributed by atoms with Gasteiger partial charge in [-0.1, -0.05) is 11.6 Å². The number of piperidine rings is 1. The zero-order valence-electron chi connectivity index (χ0n) is 14.9. The molecule has 1 amide bonds. The number of hydrogen-bond acceptors (Lipinski definition) is 5. The van der Waals surface area contributed by atoms with Crippen LogP contribution in [0.3, 0.4) is 0 Å². The molecule has 1 aromatic heterocycles. The maximum absolute atomic E-state index is 11.6. The smallest absolute Gasteiger partial charge is 0.253 e. The fraction of sp³-hybridized carbons (Fsp3) is 0.474. The number of anilines is 1. The van der Waals surface area contributed by atoms with Crippen molar-refractivity contribution in [2.45, 2.75) is 12.8 Å². The van der Waals surface area contributed by atoms with Gasteiger partial charge in [-0.3, -0.25) is 9.78 Å². The number of likely N-dealkylation sites (tertiary alicyclic amines) is 1. The van der Waals surface area contributed by atoms with Crippen LogP contribution in [0.15, 0.2) is 24.4 Å². The van der Waals surface area contributed by atoms with Crippen LogP contribution in [0.4, 0.5) is 5.69 Å². The first-order chi connectivity index (χ1) is 12.5. The van der Waals surface area contributed by atoms with E-state index in [4.69, 9.17) is 22.4 Å². The molecule has 6 nitrogen and oxygen atoms in total. The Morgan fingerprint density at radius 1 is 1.46 bits per heavy atom. The van der Waals surface area contributed by atoms with Crippen LogP contribution in [0.1, 0.15) is 23.2 Å². The minimum atomic E-state index is -0.231. The number of nitrogens with two attached hydrogens (primary N) is 1. The van der Waals surface area contributed by atoms with Gasteiger partial charge < -0.3 is 21.1 Å². The van der Waals surface area contributed by atoms with Crippen LogP contribution in [0.5, 0.6) is 0 Å². The Bertz CT molecular complexity index is 788. The van der Waals surface area contributed by atoms with E-state index >= 15 is 0 Å². The maximum Gasteiger partial charge on any atom is 0.253 e. The first-order valence-electron chi connectivity index (χ1n) is 8.93. The number of nitrogen functional groups attached to an aromatic ring is 1. The zero-order valence-corrected chi connectivity index (χ0v) is 15.7. The number of amides is 1. The molecule has 2 atom stereocenters. The van der Waals surface area contributed by atoms with Crippen molar-refractivity contribution < 1.29 is 9.90 Å². The fourth-order valence-electron chi connectivity index (χ4n) is 3.52. The second-order valence-corrected chi connectivity index (χ2v) is 7.30. The summed E-state index contributed by atoms with van der Waals surface area (Å²) in [6, 6.07) is 5.07. The molecule has 1 saturated carbocycles. The van der Waals surface area contributed by atoms with E-state index in [1.807, 2.05) is 0 Å². The molecule has 2 heterocycles. The highest BCUT2D eigenvalue weighted by atomic mass is 35.5. The highest BCUT2D eigenvalue weighted by Crippen LogP contribution is 2.44. The van der Waals surface area contributed by atoms with Crippen LogP contribution in [0.25, 0.3) is 10.9 Å². The number of rotatable bonds is 4. The van der Waals surface area contributed by atoms with E-state index in [-0.39, 0.29) is 5.91 Å². The van der Waals surface area contributed by atoms with Crippen molar-refractivity contribution in [3.63, 3.8) is 0 Å². The lowest BCUT2D eigenvalue weighted by atomic mass is 10.1. The van der Waals surface area contributed by atoms with Crippen LogP contribution >= 0.6 is 11.6 Å². The summed E-state index contributed by atoms with van der Waals surface area (Å²) in [5.74, 6) is 1.85. The van der Waals surface area contributed by atoms with E-state index in [9.17, 15) is 4.79 Å². The summed E-state index contributed by atoms with van der Waals surface area (Å²) in [7, 11) is 1.56. The quantitative estimate of drug-likeness (QED) is 0.711. The van der Waals surface area contributed by atoms with Crippen LogP contribution in [-0.2, 0) is 0 Å². The number of aliphatic hydroxyl groups is 1. The summed E-state index contributed by atoms with van der Waals surface area (Å²) in [6.45, 7) is 4.09. The highest BCUT2D eigenvalue weighted by Gasteiger charge is 2.44. The Kier molecular flexibility index (Phi) is 5.96. The Balaban J connectivity index is 0.000000167. The molecule has 0 bridgehead atoms. The molecule has 7 heteroatoms. The molecule has 4 N–H and O–H groups in total. The van der Waals surface area contributed by atoms with Crippen LogP contribution in [0, 0.1) is 11.8 Å². The van der Waals surface area contributed by atoms with Crippen molar-refractivity contribution in [3.05, 3.63) is 35.0 Å². The summed E-state index contributed by atoms with van der Waals surface area (Å²) in [5.41, 5.74) is 7.25. The fourth-order valence-corrected chi connectivity index (χ4v) is 3.73. The number of nitrogens with one attached hydrogen (secondary N) is 1. The monoisotopic (exact) mass is 376 g/mol. The van der Waals surface area contributed by atoms with Gasteiger partial charge in [-0.2, -0.15) is 0 Å². The van der Waals surface area contributed by atoms with Gasteiger partial charge in [0, 0.05) is 44.9 Å². The number of carbonyl (C=O) groups excluding carboxylic acids is 1. The molecule has 1 saturated heterocycles. The lowest BCUT2D eigenvalue weighted by molar-refractivity contribution is 0.0964. The van der Waals surface area contributed by atoms with E-state index < -0.39 is 0 Å². The predicted octanol–water partition coefficient (Wildman–Crippen LogP) is 2.15. The minimum Gasteiger partial charge on any atom is -0.397 e. The Hall–Kier alpha value is -1.89. The van der Waals surface area contributed by atoms with E-state index in [0.717, 1.165) is 24.8 Å². The zero-order chi connectivity index (χ0) is 18.7. The van der Waals surface area contributed by atoms with Crippen LogP contribution in [-0.4, -0.2) is 54.2 Å². The second-order valence-electron chi connectivity index (χ2n) is 6.89. The lowest BCUT2D eigenvalue weighted by Gasteiger charge is -2.15. The van der Waals surface area contributed by atoms with Crippen molar-refractivity contribution in [2.24, 2.45) is 11.8 Å². The van der Waals surface area contributed by atoms with Crippen molar-refractivity contribution >= 4 is 34.1 Å². The number of aliphatic hydroxyl groups excluding tert-OH is 1. The van der Waals surface area contributed by atoms with Gasteiger partial charge in [-0.05, 0) is 42.9 Å². The summed E-state index contributed by atoms with van der Waals surface area (Å²) in [6.07, 6.45) is 4.05. The van der Waals surface area contributed by atoms with Crippen molar-refractivity contribution in [1.29, 1.82) is 0 Å². The summed E-state index contributed by atoms with van der Waals surface area (Å²) in [4.78, 5) is 18.3. The molecule has 26 heavy (non-hydrogen) atoms. The molecule has 1 aliphatic carbocycles. The summed E-state index contributed by atoms with van der Waals surface area (Å²) < 4.78 is 0. The first-order valence-corrected chi connectivity index (χ1v) is 9.31. The van der Waals surface area contributed by atoms with E-state index in [1.54, 1.807) is 25.4 Å². The number of fused-ring (bicyclic) bond motifs is 2. The predicted molar refractivity (Wildman–Crippen MR) is 104 cm³/mol. The van der Waals surface area contributed by atoms with Gasteiger partial charge in [-0.15, -0.1) is 0 Å². The number of aromatic nitrogens is 1. The van der Waals surface area contributed by atoms with Gasteiger partial charge >= 0.3 is 0 Å². The van der Waals surface area contributed by atoms with Crippen molar-refractivity contribution in [1.82, 2.24) is 15.2 Å². The third-order valence-electron chi connectivity index (χ3n) is 5.04. The van der Waals surface area contributed by atoms with Gasteiger partial charge in [-0.25, -0.2) is 0 Å². The van der Waals surface area contributed by atoms with Gasteiger partial charge in [0.25, 0.3) is 5.91 Å². The first kappa shape index (κ1) is 18.9. The topological polar surface area (TPSA) is 91.5 Å². The molecular formula is C19H25ClN4O2. The average molecular weight is 377 g/mol. The SMILES string of the molecule is CNC(=O)c1cc(Cl)c(N)c2cccnc12.OCCCN1CC2CC2C1. The number of carbonyl (C=O) groups is 1. The summed E-state index contributed by atoms with van der Waals surface area (Å²) >= 11 is 5.96. The molecular weight excluding hydrogens is 352 g/mol. The van der Waals surface area contributed by atoms with Gasteiger partial charge in [0.1, 0.15) is 0 Å². The van der Waals surface area contributed by atoms with Crippen LogP contribution in [0.2, 0.25) is 5.02 Å². The molecule has 0 radical (unpaired) electrons.